The molecule has 2 aromatic heterocycles. The van der Waals surface area contributed by atoms with E-state index < -0.39 is 5.91 Å². The van der Waals surface area contributed by atoms with Gasteiger partial charge in [-0.3, -0.25) is 20.4 Å². The number of carbonyl (C=O) groups is 2. The molecule has 6 nitrogen and oxygen atoms in total. The first-order chi connectivity index (χ1) is 13.5. The number of thiophene rings is 1. The zero-order valence-corrected chi connectivity index (χ0v) is 18.0. The maximum Gasteiger partial charge on any atom is 0.279 e. The van der Waals surface area contributed by atoms with E-state index in [2.05, 4.69) is 31.8 Å². The highest BCUT2D eigenvalue weighted by Gasteiger charge is 2.08. The molecule has 0 bridgehead atoms. The summed E-state index contributed by atoms with van der Waals surface area (Å²) in [6, 6.07) is 10.8. The van der Waals surface area contributed by atoms with Gasteiger partial charge in [0.05, 0.1) is 19.4 Å². The van der Waals surface area contributed by atoms with Crippen molar-refractivity contribution in [3.05, 3.63) is 72.8 Å². The number of amides is 2. The fourth-order valence-corrected chi connectivity index (χ4v) is 4.02. The second kappa shape index (κ2) is 9.63. The summed E-state index contributed by atoms with van der Waals surface area (Å²) < 4.78 is 6.53. The molecule has 2 heterocycles. The maximum absolute atomic E-state index is 11.9. The minimum atomic E-state index is -0.428. The Labute approximate surface area is 178 Å². The Hall–Kier alpha value is -2.49. The van der Waals surface area contributed by atoms with Crippen LogP contribution in [0.2, 0.25) is 0 Å². The van der Waals surface area contributed by atoms with Gasteiger partial charge in [-0.25, -0.2) is 4.98 Å². The summed E-state index contributed by atoms with van der Waals surface area (Å²) >= 11 is 6.16. The second-order valence-corrected chi connectivity index (χ2v) is 9.12. The van der Waals surface area contributed by atoms with Crippen LogP contribution in [0.15, 0.2) is 51.6 Å². The molecule has 144 valence electrons. The lowest BCUT2D eigenvalue weighted by atomic mass is 10.2. The van der Waals surface area contributed by atoms with Gasteiger partial charge in [-0.2, -0.15) is 0 Å². The van der Waals surface area contributed by atoms with Crippen LogP contribution >= 0.6 is 38.6 Å². The first kappa shape index (κ1) is 20.2. The van der Waals surface area contributed by atoms with E-state index >= 15 is 0 Å². The van der Waals surface area contributed by atoms with Crippen molar-refractivity contribution in [2.45, 2.75) is 13.5 Å². The molecule has 9 heteroatoms. The van der Waals surface area contributed by atoms with Crippen LogP contribution < -0.4 is 15.6 Å². The Bertz CT molecular complexity index is 996. The van der Waals surface area contributed by atoms with Gasteiger partial charge in [0.1, 0.15) is 12.4 Å². The normalized spacial score (nSPS) is 10.8. The fourth-order valence-electron chi connectivity index (χ4n) is 2.14. The standard InChI is InChI=1S/C19H16BrN3O3S2/c1-12-21-14(11-27-12)10-26-15-5-2-13(3-6-15)4-9-18(24)22-23-19(25)16-7-8-17(20)28-16/h2-9,11H,10H2,1H3,(H,22,24)(H,23,25)/b9-4+. The number of aryl methyl sites for hydroxylation is 1. The van der Waals surface area contributed by atoms with Gasteiger partial charge in [0.2, 0.25) is 0 Å². The number of thiazole rings is 1. The molecule has 0 unspecified atom stereocenters. The van der Waals surface area contributed by atoms with Crippen molar-refractivity contribution in [1.29, 1.82) is 0 Å². The number of aromatic nitrogens is 1. The average molecular weight is 478 g/mol. The molecular formula is C19H16BrN3O3S2. The molecule has 28 heavy (non-hydrogen) atoms. The molecule has 2 N–H and O–H groups in total. The lowest BCUT2D eigenvalue weighted by molar-refractivity contribution is -0.117. The van der Waals surface area contributed by atoms with Crippen molar-refractivity contribution in [2.75, 3.05) is 0 Å². The number of nitrogens with one attached hydrogen (secondary N) is 2. The molecule has 3 rings (SSSR count). The molecule has 2 amide bonds. The molecule has 0 fully saturated rings. The van der Waals surface area contributed by atoms with Crippen molar-refractivity contribution < 1.29 is 14.3 Å². The summed E-state index contributed by atoms with van der Waals surface area (Å²) in [5.41, 5.74) is 6.45. The van der Waals surface area contributed by atoms with Gasteiger partial charge >= 0.3 is 0 Å². The van der Waals surface area contributed by atoms with Crippen LogP contribution in [0.3, 0.4) is 0 Å². The van der Waals surface area contributed by atoms with Gasteiger partial charge in [0.25, 0.3) is 11.8 Å². The zero-order valence-electron chi connectivity index (χ0n) is 14.8. The van der Waals surface area contributed by atoms with E-state index in [0.717, 1.165) is 25.8 Å². The number of ether oxygens (including phenoxy) is 1. The number of hydrogen-bond donors (Lipinski definition) is 2. The highest BCUT2D eigenvalue weighted by Crippen LogP contribution is 2.21. The van der Waals surface area contributed by atoms with E-state index in [4.69, 9.17) is 4.74 Å². The van der Waals surface area contributed by atoms with Crippen molar-refractivity contribution in [3.63, 3.8) is 0 Å². The van der Waals surface area contributed by atoms with Gasteiger partial charge in [-0.05, 0) is 58.8 Å². The predicted octanol–water partition coefficient (Wildman–Crippen LogP) is 4.33. The molecule has 0 saturated carbocycles. The number of rotatable bonds is 6. The molecule has 0 aliphatic heterocycles. The number of benzene rings is 1. The number of carbonyl (C=O) groups excluding carboxylic acids is 2. The van der Waals surface area contributed by atoms with Crippen molar-refractivity contribution in [2.24, 2.45) is 0 Å². The molecule has 0 atom stereocenters. The third-order valence-electron chi connectivity index (χ3n) is 3.46. The Balaban J connectivity index is 1.45. The minimum Gasteiger partial charge on any atom is -0.487 e. The quantitative estimate of drug-likeness (QED) is 0.408. The molecule has 3 aromatic rings. The first-order valence-electron chi connectivity index (χ1n) is 8.17. The van der Waals surface area contributed by atoms with Gasteiger partial charge in [0, 0.05) is 11.5 Å². The van der Waals surface area contributed by atoms with Gasteiger partial charge < -0.3 is 4.74 Å². The lowest BCUT2D eigenvalue weighted by Gasteiger charge is -2.05. The summed E-state index contributed by atoms with van der Waals surface area (Å²) in [5.74, 6) is -0.0703. The Morgan fingerprint density at radius 3 is 2.61 bits per heavy atom. The van der Waals surface area contributed by atoms with Crippen LogP contribution in [0.4, 0.5) is 0 Å². The summed E-state index contributed by atoms with van der Waals surface area (Å²) in [5, 5.41) is 2.98. The topological polar surface area (TPSA) is 80.3 Å². The number of hydrazine groups is 1. The monoisotopic (exact) mass is 477 g/mol. The van der Waals surface area contributed by atoms with Crippen molar-refractivity contribution in [1.82, 2.24) is 15.8 Å². The number of hydrogen-bond acceptors (Lipinski definition) is 6. The predicted molar refractivity (Wildman–Crippen MR) is 114 cm³/mol. The van der Waals surface area contributed by atoms with Crippen LogP contribution in [0.5, 0.6) is 5.75 Å². The summed E-state index contributed by atoms with van der Waals surface area (Å²) in [6.45, 7) is 2.38. The zero-order chi connectivity index (χ0) is 19.9. The van der Waals surface area contributed by atoms with Crippen LogP contribution in [-0.2, 0) is 11.4 Å². The van der Waals surface area contributed by atoms with Crippen LogP contribution in [0.1, 0.15) is 25.9 Å². The Morgan fingerprint density at radius 2 is 1.96 bits per heavy atom. The molecule has 0 spiro atoms. The number of halogens is 1. The molecule has 0 saturated heterocycles. The van der Waals surface area contributed by atoms with Crippen LogP contribution in [0.25, 0.3) is 6.08 Å². The Kier molecular flexibility index (Phi) is 6.96. The number of nitrogens with zero attached hydrogens (tertiary/aromatic N) is 1. The second-order valence-electron chi connectivity index (χ2n) is 5.60. The van der Waals surface area contributed by atoms with Gasteiger partial charge in [-0.15, -0.1) is 22.7 Å². The highest BCUT2D eigenvalue weighted by molar-refractivity contribution is 9.11. The summed E-state index contributed by atoms with van der Waals surface area (Å²) in [6.07, 6.45) is 3.00. The van der Waals surface area contributed by atoms with E-state index in [-0.39, 0.29) is 5.91 Å². The minimum absolute atomic E-state index is 0.366. The van der Waals surface area contributed by atoms with E-state index in [1.807, 2.05) is 36.6 Å². The van der Waals surface area contributed by atoms with Crippen LogP contribution in [-0.4, -0.2) is 16.8 Å². The largest absolute Gasteiger partial charge is 0.487 e. The van der Waals surface area contributed by atoms with Crippen molar-refractivity contribution in [3.8, 4) is 5.75 Å². The summed E-state index contributed by atoms with van der Waals surface area (Å²) in [7, 11) is 0. The fraction of sp³-hybridized carbons (Fsp3) is 0.105. The average Bonchev–Trinajstić information content (AvgIpc) is 3.31. The van der Waals surface area contributed by atoms with Gasteiger partial charge in [0.15, 0.2) is 0 Å². The molecule has 0 radical (unpaired) electrons. The SMILES string of the molecule is Cc1nc(COc2ccc(/C=C/C(=O)NNC(=O)c3ccc(Br)s3)cc2)cs1. The van der Waals surface area contributed by atoms with Crippen molar-refractivity contribution >= 4 is 56.5 Å². The molecule has 1 aromatic carbocycles. The van der Waals surface area contributed by atoms with Crippen LogP contribution in [0, 0.1) is 6.92 Å². The van der Waals surface area contributed by atoms with E-state index in [0.29, 0.717) is 11.5 Å². The van der Waals surface area contributed by atoms with E-state index in [1.165, 1.54) is 17.4 Å². The maximum atomic E-state index is 11.9. The smallest absolute Gasteiger partial charge is 0.279 e. The van der Waals surface area contributed by atoms with Gasteiger partial charge in [-0.1, -0.05) is 12.1 Å². The lowest BCUT2D eigenvalue weighted by Crippen LogP contribution is -2.40. The summed E-state index contributed by atoms with van der Waals surface area (Å²) in [4.78, 5) is 28.5. The molecular weight excluding hydrogens is 462 g/mol. The third-order valence-corrected chi connectivity index (χ3v) is 5.90. The Morgan fingerprint density at radius 1 is 1.18 bits per heavy atom. The van der Waals surface area contributed by atoms with E-state index in [9.17, 15) is 9.59 Å². The highest BCUT2D eigenvalue weighted by atomic mass is 79.9. The molecule has 0 aliphatic rings. The molecule has 0 aliphatic carbocycles. The van der Waals surface area contributed by atoms with E-state index in [1.54, 1.807) is 29.5 Å². The first-order valence-corrected chi connectivity index (χ1v) is 10.7. The third kappa shape index (κ3) is 6.01.